The van der Waals surface area contributed by atoms with E-state index in [1.807, 2.05) is 18.5 Å². The SMILES string of the molecule is COC1CCN(CC(=O)N(C)Cc2cccs2)C(CN)C1. The summed E-state index contributed by atoms with van der Waals surface area (Å²) in [7, 11) is 3.61. The number of hydrogen-bond donors (Lipinski definition) is 1. The molecule has 0 aliphatic carbocycles. The minimum Gasteiger partial charge on any atom is -0.381 e. The largest absolute Gasteiger partial charge is 0.381 e. The standard InChI is InChI=1S/C15H25N3O2S/c1-17(10-14-4-3-7-21-14)15(19)11-18-6-5-13(20-2)8-12(18)9-16/h3-4,7,12-13H,5-6,8-11,16H2,1-2H3. The summed E-state index contributed by atoms with van der Waals surface area (Å²) in [5, 5.41) is 2.04. The number of hydrogen-bond acceptors (Lipinski definition) is 5. The third kappa shape index (κ3) is 4.51. The van der Waals surface area contributed by atoms with Crippen LogP contribution in [0.4, 0.5) is 0 Å². The molecule has 0 aromatic carbocycles. The fourth-order valence-corrected chi connectivity index (χ4v) is 3.51. The Kier molecular flexibility index (Phi) is 6.17. The van der Waals surface area contributed by atoms with Gasteiger partial charge in [-0.15, -0.1) is 11.3 Å². The summed E-state index contributed by atoms with van der Waals surface area (Å²) < 4.78 is 5.42. The molecule has 1 aromatic rings. The molecule has 1 aromatic heterocycles. The maximum absolute atomic E-state index is 12.4. The highest BCUT2D eigenvalue weighted by Gasteiger charge is 2.29. The van der Waals surface area contributed by atoms with Crippen LogP contribution in [0.25, 0.3) is 0 Å². The van der Waals surface area contributed by atoms with Crippen molar-refractivity contribution in [3.05, 3.63) is 22.4 Å². The molecule has 1 aliphatic rings. The van der Waals surface area contributed by atoms with Crippen LogP contribution >= 0.6 is 11.3 Å². The molecule has 2 rings (SSSR count). The van der Waals surface area contributed by atoms with Gasteiger partial charge in [0.1, 0.15) is 0 Å². The lowest BCUT2D eigenvalue weighted by Crippen LogP contribution is -2.51. The molecule has 1 aliphatic heterocycles. The quantitative estimate of drug-likeness (QED) is 0.856. The fourth-order valence-electron chi connectivity index (χ4n) is 2.75. The van der Waals surface area contributed by atoms with Crippen LogP contribution in [-0.2, 0) is 16.1 Å². The minimum atomic E-state index is 0.151. The number of ether oxygens (including phenoxy) is 1. The molecule has 21 heavy (non-hydrogen) atoms. The van der Waals surface area contributed by atoms with Gasteiger partial charge in [-0.25, -0.2) is 0 Å². The number of likely N-dealkylation sites (tertiary alicyclic amines) is 1. The highest BCUT2D eigenvalue weighted by atomic mass is 32.1. The average molecular weight is 311 g/mol. The van der Waals surface area contributed by atoms with Crippen molar-refractivity contribution >= 4 is 17.2 Å². The summed E-state index contributed by atoms with van der Waals surface area (Å²) in [4.78, 5) is 17.6. The molecule has 1 fully saturated rings. The van der Waals surface area contributed by atoms with E-state index in [9.17, 15) is 4.79 Å². The number of rotatable bonds is 6. The molecule has 0 radical (unpaired) electrons. The maximum atomic E-state index is 12.4. The molecule has 0 saturated carbocycles. The third-order valence-electron chi connectivity index (χ3n) is 4.13. The Bertz CT molecular complexity index is 438. The number of nitrogens with two attached hydrogens (primary N) is 1. The summed E-state index contributed by atoms with van der Waals surface area (Å²) in [6, 6.07) is 4.31. The first kappa shape index (κ1) is 16.4. The zero-order valence-electron chi connectivity index (χ0n) is 12.8. The number of piperidine rings is 1. The van der Waals surface area contributed by atoms with Crippen LogP contribution in [0.5, 0.6) is 0 Å². The Hall–Kier alpha value is -0.950. The van der Waals surface area contributed by atoms with Crippen molar-refractivity contribution in [2.24, 2.45) is 5.73 Å². The van der Waals surface area contributed by atoms with Crippen molar-refractivity contribution in [3.8, 4) is 0 Å². The maximum Gasteiger partial charge on any atom is 0.236 e. The normalized spacial score (nSPS) is 23.2. The number of likely N-dealkylation sites (N-methyl/N-ethyl adjacent to an activating group) is 1. The van der Waals surface area contributed by atoms with Gasteiger partial charge in [0.15, 0.2) is 0 Å². The van der Waals surface area contributed by atoms with E-state index < -0.39 is 0 Å². The van der Waals surface area contributed by atoms with Gasteiger partial charge in [-0.2, -0.15) is 0 Å². The van der Waals surface area contributed by atoms with Gasteiger partial charge in [0.2, 0.25) is 5.91 Å². The van der Waals surface area contributed by atoms with Gasteiger partial charge in [0.05, 0.1) is 19.2 Å². The van der Waals surface area contributed by atoms with Crippen LogP contribution in [0.1, 0.15) is 17.7 Å². The summed E-state index contributed by atoms with van der Waals surface area (Å²) in [6.45, 7) is 2.57. The second-order valence-corrected chi connectivity index (χ2v) is 6.60. The first-order valence-electron chi connectivity index (χ1n) is 7.37. The second kappa shape index (κ2) is 7.89. The molecule has 2 N–H and O–H groups in total. The lowest BCUT2D eigenvalue weighted by Gasteiger charge is -2.38. The highest BCUT2D eigenvalue weighted by molar-refractivity contribution is 7.09. The number of carbonyl (C=O) groups excluding carboxylic acids is 1. The van der Waals surface area contributed by atoms with Gasteiger partial charge in [-0.1, -0.05) is 6.07 Å². The van der Waals surface area contributed by atoms with Crippen LogP contribution in [0.3, 0.4) is 0 Å². The van der Waals surface area contributed by atoms with Gasteiger partial charge in [-0.05, 0) is 24.3 Å². The Morgan fingerprint density at radius 1 is 1.62 bits per heavy atom. The molecule has 5 nitrogen and oxygen atoms in total. The lowest BCUT2D eigenvalue weighted by atomic mass is 9.99. The predicted octanol–water partition coefficient (Wildman–Crippen LogP) is 1.14. The van der Waals surface area contributed by atoms with Gasteiger partial charge in [-0.3, -0.25) is 9.69 Å². The van der Waals surface area contributed by atoms with Crippen molar-refractivity contribution in [1.82, 2.24) is 9.80 Å². The Labute approximate surface area is 130 Å². The van der Waals surface area contributed by atoms with E-state index >= 15 is 0 Å². The molecular formula is C15H25N3O2S. The van der Waals surface area contributed by atoms with Gasteiger partial charge >= 0.3 is 0 Å². The molecule has 2 atom stereocenters. The van der Waals surface area contributed by atoms with E-state index in [0.717, 1.165) is 19.4 Å². The third-order valence-corrected chi connectivity index (χ3v) is 4.99. The van der Waals surface area contributed by atoms with Crippen LogP contribution in [0, 0.1) is 0 Å². The summed E-state index contributed by atoms with van der Waals surface area (Å²) in [6.07, 6.45) is 2.15. The molecule has 2 unspecified atom stereocenters. The Balaban J connectivity index is 1.86. The predicted molar refractivity (Wildman–Crippen MR) is 85.2 cm³/mol. The number of nitrogens with zero attached hydrogens (tertiary/aromatic N) is 2. The Morgan fingerprint density at radius 3 is 3.05 bits per heavy atom. The van der Waals surface area contributed by atoms with E-state index in [2.05, 4.69) is 11.0 Å². The van der Waals surface area contributed by atoms with Gasteiger partial charge < -0.3 is 15.4 Å². The first-order valence-corrected chi connectivity index (χ1v) is 8.25. The number of amides is 1. The minimum absolute atomic E-state index is 0.151. The van der Waals surface area contributed by atoms with Crippen molar-refractivity contribution in [2.75, 3.05) is 33.8 Å². The van der Waals surface area contributed by atoms with Crippen LogP contribution < -0.4 is 5.73 Å². The number of methoxy groups -OCH3 is 1. The first-order chi connectivity index (χ1) is 10.1. The topological polar surface area (TPSA) is 58.8 Å². The molecule has 0 bridgehead atoms. The van der Waals surface area contributed by atoms with Crippen molar-refractivity contribution in [3.63, 3.8) is 0 Å². The summed E-state index contributed by atoms with van der Waals surface area (Å²) in [5.41, 5.74) is 5.85. The second-order valence-electron chi connectivity index (χ2n) is 5.57. The number of thiophene rings is 1. The number of carbonyl (C=O) groups is 1. The molecule has 6 heteroatoms. The van der Waals surface area contributed by atoms with E-state index in [0.29, 0.717) is 19.6 Å². The van der Waals surface area contributed by atoms with Crippen LogP contribution in [0.2, 0.25) is 0 Å². The van der Waals surface area contributed by atoms with E-state index in [1.165, 1.54) is 4.88 Å². The van der Waals surface area contributed by atoms with Crippen molar-refractivity contribution in [1.29, 1.82) is 0 Å². The zero-order chi connectivity index (χ0) is 15.2. The van der Waals surface area contributed by atoms with Crippen LogP contribution in [0.15, 0.2) is 17.5 Å². The van der Waals surface area contributed by atoms with Crippen molar-refractivity contribution < 1.29 is 9.53 Å². The molecule has 2 heterocycles. The van der Waals surface area contributed by atoms with Crippen LogP contribution in [-0.4, -0.2) is 61.6 Å². The monoisotopic (exact) mass is 311 g/mol. The Morgan fingerprint density at radius 2 is 2.43 bits per heavy atom. The average Bonchev–Trinajstić information content (AvgIpc) is 3.00. The van der Waals surface area contributed by atoms with Crippen molar-refractivity contribution in [2.45, 2.75) is 31.5 Å². The summed E-state index contributed by atoms with van der Waals surface area (Å²) in [5.74, 6) is 0.151. The summed E-state index contributed by atoms with van der Waals surface area (Å²) >= 11 is 1.68. The van der Waals surface area contributed by atoms with E-state index in [1.54, 1.807) is 23.3 Å². The fraction of sp³-hybridized carbons (Fsp3) is 0.667. The highest BCUT2D eigenvalue weighted by Crippen LogP contribution is 2.19. The van der Waals surface area contributed by atoms with E-state index in [4.69, 9.17) is 10.5 Å². The van der Waals surface area contributed by atoms with E-state index in [-0.39, 0.29) is 18.1 Å². The van der Waals surface area contributed by atoms with Gasteiger partial charge in [0, 0.05) is 38.2 Å². The van der Waals surface area contributed by atoms with Gasteiger partial charge in [0.25, 0.3) is 0 Å². The smallest absolute Gasteiger partial charge is 0.236 e. The molecule has 0 spiro atoms. The lowest BCUT2D eigenvalue weighted by molar-refractivity contribution is -0.133. The molecule has 1 saturated heterocycles. The molecule has 118 valence electrons. The molecular weight excluding hydrogens is 286 g/mol. The molecule has 1 amide bonds. The zero-order valence-corrected chi connectivity index (χ0v) is 13.6.